The SMILES string of the molecule is COc1cc(CNCC(C)O)cc(Cl)c1OCc1cccs1.[Cl-]. The predicted octanol–water partition coefficient (Wildman–Crippen LogP) is 0.463. The molecule has 7 heteroatoms. The molecule has 0 saturated carbocycles. The van der Waals surface area contributed by atoms with E-state index in [9.17, 15) is 5.11 Å². The minimum absolute atomic E-state index is 0. The third-order valence-electron chi connectivity index (χ3n) is 3.00. The summed E-state index contributed by atoms with van der Waals surface area (Å²) in [5, 5.41) is 14.9. The summed E-state index contributed by atoms with van der Waals surface area (Å²) in [4.78, 5) is 1.13. The fourth-order valence-corrected chi connectivity index (χ4v) is 2.88. The zero-order valence-corrected chi connectivity index (χ0v) is 15.3. The molecule has 0 spiro atoms. The lowest BCUT2D eigenvalue weighted by molar-refractivity contribution is -0.00000716. The molecular formula is C16H20Cl2NO3S-. The summed E-state index contributed by atoms with van der Waals surface area (Å²) in [6.07, 6.45) is -0.384. The highest BCUT2D eigenvalue weighted by atomic mass is 35.5. The van der Waals surface area contributed by atoms with Crippen molar-refractivity contribution in [2.45, 2.75) is 26.2 Å². The molecular weight excluding hydrogens is 357 g/mol. The molecule has 1 heterocycles. The normalized spacial score (nSPS) is 11.7. The van der Waals surface area contributed by atoms with Gasteiger partial charge in [-0.1, -0.05) is 17.7 Å². The van der Waals surface area contributed by atoms with Crippen molar-refractivity contribution in [2.75, 3.05) is 13.7 Å². The van der Waals surface area contributed by atoms with E-state index in [1.54, 1.807) is 25.4 Å². The average molecular weight is 377 g/mol. The number of hydrogen-bond donors (Lipinski definition) is 2. The first-order chi connectivity index (χ1) is 10.6. The predicted molar refractivity (Wildman–Crippen MR) is 90.0 cm³/mol. The van der Waals surface area contributed by atoms with Crippen molar-refractivity contribution < 1.29 is 27.0 Å². The van der Waals surface area contributed by atoms with E-state index in [1.165, 1.54) is 0 Å². The molecule has 128 valence electrons. The zero-order valence-electron chi connectivity index (χ0n) is 13.0. The summed E-state index contributed by atoms with van der Waals surface area (Å²) < 4.78 is 11.2. The molecule has 4 nitrogen and oxygen atoms in total. The number of halogens is 2. The molecule has 23 heavy (non-hydrogen) atoms. The number of benzene rings is 1. The molecule has 1 unspecified atom stereocenters. The Hall–Kier alpha value is -0.980. The van der Waals surface area contributed by atoms with Gasteiger partial charge in [-0.05, 0) is 36.1 Å². The topological polar surface area (TPSA) is 50.7 Å². The molecule has 1 aromatic heterocycles. The summed E-state index contributed by atoms with van der Waals surface area (Å²) in [6, 6.07) is 7.74. The van der Waals surface area contributed by atoms with E-state index >= 15 is 0 Å². The van der Waals surface area contributed by atoms with Gasteiger partial charge in [-0.25, -0.2) is 0 Å². The maximum atomic E-state index is 9.26. The van der Waals surface area contributed by atoms with Crippen LogP contribution in [0.25, 0.3) is 0 Å². The van der Waals surface area contributed by atoms with Crippen LogP contribution in [0.15, 0.2) is 29.6 Å². The Labute approximate surface area is 151 Å². The van der Waals surface area contributed by atoms with Crippen LogP contribution in [-0.2, 0) is 13.2 Å². The molecule has 2 N–H and O–H groups in total. The number of aliphatic hydroxyl groups excluding tert-OH is 1. The summed E-state index contributed by atoms with van der Waals surface area (Å²) in [5.41, 5.74) is 0.978. The Morgan fingerprint density at radius 1 is 1.39 bits per heavy atom. The largest absolute Gasteiger partial charge is 1.00 e. The van der Waals surface area contributed by atoms with Crippen molar-refractivity contribution in [3.63, 3.8) is 0 Å². The number of methoxy groups -OCH3 is 1. The first kappa shape index (κ1) is 20.1. The molecule has 1 aromatic carbocycles. The Morgan fingerprint density at radius 2 is 2.17 bits per heavy atom. The number of hydrogen-bond acceptors (Lipinski definition) is 5. The number of thiophene rings is 1. The summed E-state index contributed by atoms with van der Waals surface area (Å²) >= 11 is 7.95. The van der Waals surface area contributed by atoms with Crippen LogP contribution in [-0.4, -0.2) is 24.9 Å². The average Bonchev–Trinajstić information content (AvgIpc) is 2.98. The van der Waals surface area contributed by atoms with Crippen molar-refractivity contribution in [1.82, 2.24) is 5.32 Å². The van der Waals surface area contributed by atoms with Gasteiger partial charge in [0, 0.05) is 18.0 Å². The van der Waals surface area contributed by atoms with Gasteiger partial charge in [0.1, 0.15) is 6.61 Å². The molecule has 2 rings (SSSR count). The van der Waals surface area contributed by atoms with Crippen LogP contribution in [0.2, 0.25) is 5.02 Å². The Kier molecular flexibility index (Phi) is 8.73. The quantitative estimate of drug-likeness (QED) is 0.702. The third-order valence-corrected chi connectivity index (χ3v) is 4.13. The molecule has 0 fully saturated rings. The molecule has 0 amide bonds. The molecule has 0 aliphatic heterocycles. The molecule has 0 saturated heterocycles. The second-order valence-corrected chi connectivity index (χ2v) is 6.40. The standard InChI is InChI=1S/C16H20ClNO3S.ClH/c1-11(19)8-18-9-12-6-14(17)16(15(7-12)20-2)21-10-13-4-3-5-22-13;/h3-7,11,18-19H,8-10H2,1-2H3;1H/p-1. The van der Waals surface area contributed by atoms with Crippen LogP contribution in [0.5, 0.6) is 11.5 Å². The van der Waals surface area contributed by atoms with Gasteiger partial charge in [0.2, 0.25) is 0 Å². The van der Waals surface area contributed by atoms with Gasteiger partial charge in [0.05, 0.1) is 18.2 Å². The van der Waals surface area contributed by atoms with Gasteiger partial charge in [-0.15, -0.1) is 11.3 Å². The first-order valence-corrected chi connectivity index (χ1v) is 8.26. The van der Waals surface area contributed by atoms with Gasteiger partial charge in [-0.3, -0.25) is 0 Å². The highest BCUT2D eigenvalue weighted by Gasteiger charge is 2.12. The number of ether oxygens (including phenoxy) is 2. The van der Waals surface area contributed by atoms with E-state index in [-0.39, 0.29) is 18.5 Å². The highest BCUT2D eigenvalue weighted by molar-refractivity contribution is 7.09. The van der Waals surface area contributed by atoms with E-state index in [0.29, 0.717) is 36.2 Å². The lowest BCUT2D eigenvalue weighted by Gasteiger charge is -2.14. The number of aliphatic hydroxyl groups is 1. The van der Waals surface area contributed by atoms with Crippen LogP contribution in [0.3, 0.4) is 0 Å². The molecule has 2 aromatic rings. The lowest BCUT2D eigenvalue weighted by atomic mass is 10.2. The number of nitrogens with one attached hydrogen (secondary N) is 1. The monoisotopic (exact) mass is 376 g/mol. The van der Waals surface area contributed by atoms with Gasteiger partial charge in [0.25, 0.3) is 0 Å². The minimum Gasteiger partial charge on any atom is -1.00 e. The van der Waals surface area contributed by atoms with Crippen LogP contribution < -0.4 is 27.2 Å². The number of rotatable bonds is 8. The molecule has 0 aliphatic rings. The van der Waals surface area contributed by atoms with E-state index in [1.807, 2.05) is 29.6 Å². The maximum Gasteiger partial charge on any atom is 0.180 e. The maximum absolute atomic E-state index is 9.26. The van der Waals surface area contributed by atoms with Gasteiger partial charge in [0.15, 0.2) is 11.5 Å². The first-order valence-electron chi connectivity index (χ1n) is 7.00. The minimum atomic E-state index is -0.384. The second kappa shape index (κ2) is 10.0. The van der Waals surface area contributed by atoms with Crippen LogP contribution in [0, 0.1) is 0 Å². The second-order valence-electron chi connectivity index (χ2n) is 4.96. The van der Waals surface area contributed by atoms with E-state index in [4.69, 9.17) is 21.1 Å². The van der Waals surface area contributed by atoms with Crippen molar-refractivity contribution in [3.8, 4) is 11.5 Å². The van der Waals surface area contributed by atoms with Gasteiger partial charge >= 0.3 is 0 Å². The van der Waals surface area contributed by atoms with Crippen molar-refractivity contribution in [1.29, 1.82) is 0 Å². The van der Waals surface area contributed by atoms with Crippen LogP contribution in [0.4, 0.5) is 0 Å². The van der Waals surface area contributed by atoms with Gasteiger partial charge in [-0.2, -0.15) is 0 Å². The fourth-order valence-electron chi connectivity index (χ4n) is 1.98. The Morgan fingerprint density at radius 3 is 2.78 bits per heavy atom. The highest BCUT2D eigenvalue weighted by Crippen LogP contribution is 2.37. The smallest absolute Gasteiger partial charge is 0.180 e. The summed E-state index contributed by atoms with van der Waals surface area (Å²) in [6.45, 7) is 3.33. The van der Waals surface area contributed by atoms with E-state index in [2.05, 4.69) is 5.32 Å². The summed E-state index contributed by atoms with van der Waals surface area (Å²) in [5.74, 6) is 1.16. The molecule has 1 atom stereocenters. The van der Waals surface area contributed by atoms with E-state index in [0.717, 1.165) is 10.4 Å². The van der Waals surface area contributed by atoms with Crippen LogP contribution >= 0.6 is 22.9 Å². The Bertz CT molecular complexity index is 591. The Balaban J connectivity index is 0.00000264. The van der Waals surface area contributed by atoms with Gasteiger partial charge < -0.3 is 32.3 Å². The zero-order chi connectivity index (χ0) is 15.9. The van der Waals surface area contributed by atoms with E-state index < -0.39 is 0 Å². The molecule has 0 bridgehead atoms. The third kappa shape index (κ3) is 6.20. The molecule has 0 radical (unpaired) electrons. The molecule has 0 aliphatic carbocycles. The van der Waals surface area contributed by atoms with Crippen molar-refractivity contribution >= 4 is 22.9 Å². The fraction of sp³-hybridized carbons (Fsp3) is 0.375. The lowest BCUT2D eigenvalue weighted by Crippen LogP contribution is -3.00. The summed E-state index contributed by atoms with van der Waals surface area (Å²) in [7, 11) is 1.59. The van der Waals surface area contributed by atoms with Crippen molar-refractivity contribution in [3.05, 3.63) is 45.1 Å². The van der Waals surface area contributed by atoms with Crippen molar-refractivity contribution in [2.24, 2.45) is 0 Å². The van der Waals surface area contributed by atoms with Crippen LogP contribution in [0.1, 0.15) is 17.4 Å².